The number of sulfonamides is 1. The van der Waals surface area contributed by atoms with Crippen LogP contribution in [0.5, 0.6) is 0 Å². The second-order valence-electron chi connectivity index (χ2n) is 8.50. The summed E-state index contributed by atoms with van der Waals surface area (Å²) in [6.45, 7) is 7.50. The number of nitrogens with zero attached hydrogens (tertiary/aromatic N) is 1. The van der Waals surface area contributed by atoms with Gasteiger partial charge in [0, 0.05) is 11.1 Å². The van der Waals surface area contributed by atoms with E-state index in [9.17, 15) is 18.0 Å². The van der Waals surface area contributed by atoms with Crippen molar-refractivity contribution >= 4 is 21.8 Å². The molecular formula is C23H23NO5S. The van der Waals surface area contributed by atoms with E-state index in [1.807, 2.05) is 32.9 Å². The molecule has 3 aliphatic rings. The van der Waals surface area contributed by atoms with Gasteiger partial charge in [0.15, 0.2) is 11.3 Å². The van der Waals surface area contributed by atoms with Crippen molar-refractivity contribution in [3.05, 3.63) is 63.7 Å². The van der Waals surface area contributed by atoms with E-state index in [-0.39, 0.29) is 23.7 Å². The molecule has 2 heterocycles. The molecule has 2 aromatic carbocycles. The van der Waals surface area contributed by atoms with E-state index in [4.69, 9.17) is 4.74 Å². The Hall–Kier alpha value is -2.51. The van der Waals surface area contributed by atoms with Crippen LogP contribution in [0.3, 0.4) is 0 Å². The fraction of sp³-hybridized carbons (Fsp3) is 0.391. The van der Waals surface area contributed by atoms with Crippen molar-refractivity contribution in [1.82, 2.24) is 4.31 Å². The van der Waals surface area contributed by atoms with Crippen LogP contribution in [0.2, 0.25) is 0 Å². The summed E-state index contributed by atoms with van der Waals surface area (Å²) in [5.74, 6) is -0.974. The van der Waals surface area contributed by atoms with Gasteiger partial charge in [0.1, 0.15) is 5.54 Å². The number of carbonyl (C=O) groups is 2. The van der Waals surface area contributed by atoms with E-state index in [0.29, 0.717) is 17.5 Å². The first-order valence-corrected chi connectivity index (χ1v) is 11.6. The number of ether oxygens (including phenoxy) is 1. The smallest absolute Gasteiger partial charge is 0.334 e. The lowest BCUT2D eigenvalue weighted by Gasteiger charge is -2.29. The van der Waals surface area contributed by atoms with E-state index in [1.54, 1.807) is 19.1 Å². The number of hydrogen-bond acceptors (Lipinski definition) is 5. The molecule has 0 radical (unpaired) electrons. The molecule has 1 unspecified atom stereocenters. The molecular weight excluding hydrogens is 402 g/mol. The first kappa shape index (κ1) is 19.5. The maximum absolute atomic E-state index is 13.9. The number of rotatable bonds is 2. The summed E-state index contributed by atoms with van der Waals surface area (Å²) in [7, 11) is -4.00. The summed E-state index contributed by atoms with van der Waals surface area (Å²) in [5.41, 5.74) is 1.51. The van der Waals surface area contributed by atoms with Crippen LogP contribution in [-0.2, 0) is 31.5 Å². The van der Waals surface area contributed by atoms with Crippen LogP contribution < -0.4 is 0 Å². The minimum absolute atomic E-state index is 0.0887. The number of fused-ring (bicyclic) bond motifs is 6. The first-order chi connectivity index (χ1) is 14.1. The van der Waals surface area contributed by atoms with Gasteiger partial charge in [-0.05, 0) is 63.8 Å². The van der Waals surface area contributed by atoms with Gasteiger partial charge in [0.25, 0.3) is 0 Å². The lowest BCUT2D eigenvalue weighted by molar-refractivity contribution is -0.147. The van der Waals surface area contributed by atoms with Gasteiger partial charge in [0.05, 0.1) is 11.5 Å². The summed E-state index contributed by atoms with van der Waals surface area (Å²) in [6.07, 6.45) is 0.787. The van der Waals surface area contributed by atoms with E-state index >= 15 is 0 Å². The predicted octanol–water partition coefficient (Wildman–Crippen LogP) is 2.96. The summed E-state index contributed by atoms with van der Waals surface area (Å²) in [6, 6.07) is 8.77. The Morgan fingerprint density at radius 3 is 2.57 bits per heavy atom. The predicted molar refractivity (Wildman–Crippen MR) is 110 cm³/mol. The fourth-order valence-corrected chi connectivity index (χ4v) is 7.94. The third-order valence-corrected chi connectivity index (χ3v) is 8.77. The van der Waals surface area contributed by atoms with Crippen LogP contribution in [0, 0.1) is 20.8 Å². The normalized spacial score (nSPS) is 29.9. The topological polar surface area (TPSA) is 80.5 Å². The van der Waals surface area contributed by atoms with Crippen LogP contribution in [0.15, 0.2) is 35.2 Å². The average molecular weight is 426 g/mol. The summed E-state index contributed by atoms with van der Waals surface area (Å²) < 4.78 is 33.5. The molecule has 2 aromatic rings. The van der Waals surface area contributed by atoms with Gasteiger partial charge in [-0.3, -0.25) is 4.79 Å². The SMILES string of the molecule is CCOC(=O)[C@@]12c3cc(C)ccc3S(=O)(=O)N1[C@@]21CCc2c(C)cc(C)cc2C1=O. The van der Waals surface area contributed by atoms with Crippen LogP contribution in [0.4, 0.5) is 0 Å². The zero-order valence-corrected chi connectivity index (χ0v) is 18.2. The van der Waals surface area contributed by atoms with Crippen LogP contribution in [0.1, 0.15) is 51.5 Å². The quantitative estimate of drug-likeness (QED) is 0.546. The van der Waals surface area contributed by atoms with E-state index < -0.39 is 27.1 Å². The second kappa shape index (κ2) is 5.80. The van der Waals surface area contributed by atoms with Gasteiger partial charge in [-0.15, -0.1) is 0 Å². The molecule has 1 spiro atoms. The Morgan fingerprint density at radius 1 is 1.13 bits per heavy atom. The van der Waals surface area contributed by atoms with Gasteiger partial charge in [-0.2, -0.15) is 4.31 Å². The Kier molecular flexibility index (Phi) is 3.76. The Labute approximate surface area is 175 Å². The number of aryl methyl sites for hydroxylation is 3. The first-order valence-electron chi connectivity index (χ1n) is 10.1. The van der Waals surface area contributed by atoms with E-state index in [1.165, 1.54) is 6.07 Å². The van der Waals surface area contributed by atoms with Crippen LogP contribution in [0.25, 0.3) is 0 Å². The highest BCUT2D eigenvalue weighted by atomic mass is 32.2. The lowest BCUT2D eigenvalue weighted by atomic mass is 9.72. The van der Waals surface area contributed by atoms with Crippen molar-refractivity contribution in [3.63, 3.8) is 0 Å². The standard InChI is InChI=1S/C23H23NO5S/c1-5-29-21(26)23-18-12-13(2)6-7-19(18)30(27,28)24(23)22(23)9-8-16-15(4)10-14(3)11-17(16)20(22)25/h6-7,10-12H,5,8-9H2,1-4H3/t22-,23-,24?/m1/s1. The molecule has 0 aromatic heterocycles. The highest BCUT2D eigenvalue weighted by molar-refractivity contribution is 7.90. The Balaban J connectivity index is 1.81. The highest BCUT2D eigenvalue weighted by Crippen LogP contribution is 2.71. The number of esters is 1. The van der Waals surface area contributed by atoms with Gasteiger partial charge in [-0.1, -0.05) is 29.3 Å². The molecule has 1 aliphatic carbocycles. The molecule has 1 fully saturated rings. The van der Waals surface area contributed by atoms with Crippen molar-refractivity contribution in [2.24, 2.45) is 0 Å². The molecule has 7 heteroatoms. The average Bonchev–Trinajstić information content (AvgIpc) is 3.24. The van der Waals surface area contributed by atoms with Crippen LogP contribution >= 0.6 is 0 Å². The maximum Gasteiger partial charge on any atom is 0.334 e. The van der Waals surface area contributed by atoms with E-state index in [2.05, 4.69) is 0 Å². The zero-order chi connectivity index (χ0) is 21.6. The van der Waals surface area contributed by atoms with Gasteiger partial charge in [0.2, 0.25) is 10.0 Å². The van der Waals surface area contributed by atoms with Crippen molar-refractivity contribution in [2.45, 2.75) is 56.5 Å². The van der Waals surface area contributed by atoms with Gasteiger partial charge in [-0.25, -0.2) is 13.2 Å². The lowest BCUT2D eigenvalue weighted by Crippen LogP contribution is -2.43. The molecule has 30 heavy (non-hydrogen) atoms. The number of ketones is 1. The molecule has 1 saturated heterocycles. The zero-order valence-electron chi connectivity index (χ0n) is 17.4. The van der Waals surface area contributed by atoms with Crippen molar-refractivity contribution in [1.29, 1.82) is 0 Å². The summed E-state index contributed by atoms with van der Waals surface area (Å²) >= 11 is 0. The largest absolute Gasteiger partial charge is 0.464 e. The second-order valence-corrected chi connectivity index (χ2v) is 10.3. The monoisotopic (exact) mass is 425 g/mol. The minimum Gasteiger partial charge on any atom is -0.464 e. The van der Waals surface area contributed by atoms with Gasteiger partial charge >= 0.3 is 5.97 Å². The summed E-state index contributed by atoms with van der Waals surface area (Å²) in [4.78, 5) is 27.3. The summed E-state index contributed by atoms with van der Waals surface area (Å²) in [5, 5.41) is 0. The molecule has 0 saturated carbocycles. The highest BCUT2D eigenvalue weighted by Gasteiger charge is 2.91. The Morgan fingerprint density at radius 2 is 1.87 bits per heavy atom. The number of carbonyl (C=O) groups excluding carboxylic acids is 2. The number of hydrogen-bond donors (Lipinski definition) is 0. The number of benzene rings is 2. The molecule has 0 N–H and O–H groups in total. The molecule has 3 atom stereocenters. The third kappa shape index (κ3) is 1.95. The molecule has 2 aliphatic heterocycles. The van der Waals surface area contributed by atoms with Gasteiger partial charge < -0.3 is 4.74 Å². The van der Waals surface area contributed by atoms with Crippen molar-refractivity contribution in [2.75, 3.05) is 6.61 Å². The molecule has 0 amide bonds. The molecule has 6 nitrogen and oxygen atoms in total. The van der Waals surface area contributed by atoms with Crippen molar-refractivity contribution in [3.8, 4) is 0 Å². The molecule has 0 bridgehead atoms. The van der Waals surface area contributed by atoms with E-state index in [0.717, 1.165) is 26.6 Å². The number of Topliss-reactive ketones (excluding diaryl/α,β-unsaturated/α-hetero) is 1. The van der Waals surface area contributed by atoms with Crippen LogP contribution in [-0.4, -0.2) is 36.6 Å². The van der Waals surface area contributed by atoms with Crippen molar-refractivity contribution < 1.29 is 22.7 Å². The Bertz CT molecular complexity index is 1260. The maximum atomic E-state index is 13.9. The third-order valence-electron chi connectivity index (χ3n) is 6.79. The molecule has 5 rings (SSSR count). The fourth-order valence-electron chi connectivity index (χ4n) is 5.66. The molecule has 156 valence electrons. The minimum atomic E-state index is -4.00.